The second-order valence-corrected chi connectivity index (χ2v) is 8.45. The zero-order valence-electron chi connectivity index (χ0n) is 16.7. The Morgan fingerprint density at radius 3 is 2.17 bits per heavy atom. The summed E-state index contributed by atoms with van der Waals surface area (Å²) in [5, 5.41) is 3.64. The molecule has 2 aromatic carbocycles. The number of fused-ring (bicyclic) bond motifs is 2. The first-order valence-electron chi connectivity index (χ1n) is 10.7. The second kappa shape index (κ2) is 8.13. The van der Waals surface area contributed by atoms with Gasteiger partial charge in [-0.05, 0) is 29.5 Å². The third kappa shape index (κ3) is 3.87. The second-order valence-electron chi connectivity index (χ2n) is 8.45. The summed E-state index contributed by atoms with van der Waals surface area (Å²) >= 11 is 0. The summed E-state index contributed by atoms with van der Waals surface area (Å²) in [4.78, 5) is 14.9. The fourth-order valence-electron chi connectivity index (χ4n) is 4.96. The average molecular weight is 389 g/mol. The van der Waals surface area contributed by atoms with Crippen LogP contribution in [0.1, 0.15) is 35.4 Å². The number of hydrogen-bond donors (Lipinski definition) is 1. The zero-order valence-corrected chi connectivity index (χ0v) is 16.7. The molecule has 0 spiro atoms. The van der Waals surface area contributed by atoms with Gasteiger partial charge in [-0.15, -0.1) is 0 Å². The molecule has 4 aliphatic rings. The van der Waals surface area contributed by atoms with Crippen LogP contribution in [0.4, 0.5) is 0 Å². The molecule has 3 atom stereocenters. The van der Waals surface area contributed by atoms with Crippen LogP contribution in [0.2, 0.25) is 0 Å². The number of amides is 1. The maximum atomic E-state index is 12.8. The highest BCUT2D eigenvalue weighted by atomic mass is 16.5. The Morgan fingerprint density at radius 1 is 0.897 bits per heavy atom. The van der Waals surface area contributed by atoms with Crippen molar-refractivity contribution in [1.82, 2.24) is 10.2 Å². The van der Waals surface area contributed by atoms with Crippen LogP contribution >= 0.6 is 0 Å². The van der Waals surface area contributed by atoms with Crippen molar-refractivity contribution in [3.05, 3.63) is 71.3 Å². The van der Waals surface area contributed by atoms with E-state index in [0.717, 1.165) is 39.1 Å². The summed E-state index contributed by atoms with van der Waals surface area (Å²) in [6.45, 7) is 3.10. The number of rotatable bonds is 4. The predicted molar refractivity (Wildman–Crippen MR) is 115 cm³/mol. The number of benzene rings is 2. The van der Waals surface area contributed by atoms with Gasteiger partial charge in [0.1, 0.15) is 0 Å². The molecule has 29 heavy (non-hydrogen) atoms. The minimum Gasteiger partial charge on any atom is -0.381 e. The van der Waals surface area contributed by atoms with Crippen molar-refractivity contribution in [1.29, 1.82) is 0 Å². The van der Waals surface area contributed by atoms with Gasteiger partial charge >= 0.3 is 0 Å². The van der Waals surface area contributed by atoms with Crippen molar-refractivity contribution in [3.8, 4) is 0 Å². The van der Waals surface area contributed by atoms with E-state index in [1.165, 1.54) is 16.7 Å². The molecule has 4 nitrogen and oxygen atoms in total. The first kappa shape index (κ1) is 18.6. The van der Waals surface area contributed by atoms with Gasteiger partial charge in [0.25, 0.3) is 0 Å². The van der Waals surface area contributed by atoms with Crippen molar-refractivity contribution in [2.75, 3.05) is 26.3 Å². The summed E-state index contributed by atoms with van der Waals surface area (Å²) in [5.74, 6) is 1.01. The smallest absolute Gasteiger partial charge is 0.225 e. The first-order valence-corrected chi connectivity index (χ1v) is 10.7. The zero-order chi connectivity index (χ0) is 19.6. The van der Waals surface area contributed by atoms with E-state index in [-0.39, 0.29) is 5.92 Å². The molecule has 4 heteroatoms. The first-order chi connectivity index (χ1) is 14.3. The Balaban J connectivity index is 1.21. The monoisotopic (exact) mass is 388 g/mol. The predicted octanol–water partition coefficient (Wildman–Crippen LogP) is 3.55. The molecule has 4 saturated heterocycles. The Kier molecular flexibility index (Phi) is 5.21. The highest BCUT2D eigenvalue weighted by Crippen LogP contribution is 2.37. The van der Waals surface area contributed by atoms with Crippen molar-refractivity contribution < 1.29 is 9.53 Å². The molecule has 1 amide bonds. The Labute approximate surface area is 172 Å². The van der Waals surface area contributed by atoms with E-state index in [9.17, 15) is 4.79 Å². The molecule has 0 radical (unpaired) electrons. The van der Waals surface area contributed by atoms with Crippen LogP contribution in [0.15, 0.2) is 54.6 Å². The number of carbonyl (C=O) groups is 1. The number of nitrogens with zero attached hydrogens (tertiary/aromatic N) is 1. The van der Waals surface area contributed by atoms with E-state index >= 15 is 0 Å². The molecule has 4 heterocycles. The number of nitrogens with one attached hydrogen (secondary N) is 1. The molecule has 6 rings (SSSR count). The summed E-state index contributed by atoms with van der Waals surface area (Å²) in [6, 6.07) is 20.0. The summed E-state index contributed by atoms with van der Waals surface area (Å²) < 4.78 is 5.41. The number of piperazine rings is 1. The van der Waals surface area contributed by atoms with Crippen molar-refractivity contribution in [2.45, 2.75) is 30.8 Å². The van der Waals surface area contributed by atoms with Gasteiger partial charge in [0.05, 0.1) is 0 Å². The van der Waals surface area contributed by atoms with Gasteiger partial charge in [-0.2, -0.15) is 0 Å². The molecular weight excluding hydrogens is 360 g/mol. The molecular formula is C25H28N2O2. The summed E-state index contributed by atoms with van der Waals surface area (Å²) in [6.07, 6.45) is 6.06. The molecule has 150 valence electrons. The van der Waals surface area contributed by atoms with Gasteiger partial charge < -0.3 is 15.0 Å². The lowest BCUT2D eigenvalue weighted by atomic mass is 9.73. The fraction of sp³-hybridized carbons (Fsp3) is 0.400. The number of hydrogen-bond acceptors (Lipinski definition) is 3. The van der Waals surface area contributed by atoms with Crippen LogP contribution in [0.25, 0.3) is 12.2 Å². The quantitative estimate of drug-likeness (QED) is 0.815. The van der Waals surface area contributed by atoms with Crippen molar-refractivity contribution in [3.63, 3.8) is 0 Å². The van der Waals surface area contributed by atoms with E-state index in [1.54, 1.807) is 0 Å². The van der Waals surface area contributed by atoms with Crippen LogP contribution in [-0.4, -0.2) is 49.2 Å². The molecule has 1 unspecified atom stereocenters. The molecule has 0 aromatic heterocycles. The topological polar surface area (TPSA) is 41.6 Å². The standard InChI is InChI=1S/C25H28N2O2/c28-25(21-12-14-29-15-13-21)27-16-22-24(23(17-27)26-22)20-10-8-19(9-11-20)7-6-18-4-2-1-3-5-18/h1-11,21-24,26H,12-17H2/t22-,23+,24?. The van der Waals surface area contributed by atoms with Crippen LogP contribution in [-0.2, 0) is 9.53 Å². The van der Waals surface area contributed by atoms with Crippen LogP contribution < -0.4 is 5.32 Å². The van der Waals surface area contributed by atoms with Crippen molar-refractivity contribution >= 4 is 18.1 Å². The maximum Gasteiger partial charge on any atom is 0.225 e. The number of carbonyl (C=O) groups excluding carboxylic acids is 1. The van der Waals surface area contributed by atoms with Gasteiger partial charge in [0.15, 0.2) is 0 Å². The minimum absolute atomic E-state index is 0.162. The molecule has 4 aliphatic heterocycles. The molecule has 4 fully saturated rings. The molecule has 0 saturated carbocycles. The van der Waals surface area contributed by atoms with Gasteiger partial charge in [-0.25, -0.2) is 0 Å². The van der Waals surface area contributed by atoms with Gasteiger partial charge in [0, 0.05) is 50.2 Å². The van der Waals surface area contributed by atoms with Crippen LogP contribution in [0.5, 0.6) is 0 Å². The van der Waals surface area contributed by atoms with E-state index in [2.05, 4.69) is 70.9 Å². The summed E-state index contributed by atoms with van der Waals surface area (Å²) in [7, 11) is 0. The third-order valence-electron chi connectivity index (χ3n) is 6.60. The van der Waals surface area contributed by atoms with Gasteiger partial charge in [0.2, 0.25) is 5.91 Å². The number of ether oxygens (including phenoxy) is 1. The Bertz CT molecular complexity index is 859. The maximum absolute atomic E-state index is 12.8. The fourth-order valence-corrected chi connectivity index (χ4v) is 4.96. The minimum atomic E-state index is 0.162. The molecule has 2 bridgehead atoms. The van der Waals surface area contributed by atoms with Crippen molar-refractivity contribution in [2.24, 2.45) is 5.92 Å². The summed E-state index contributed by atoms with van der Waals surface area (Å²) in [5.41, 5.74) is 3.81. The Hall–Kier alpha value is -2.43. The Morgan fingerprint density at radius 2 is 1.52 bits per heavy atom. The SMILES string of the molecule is O=C(C1CCOCC1)N1C[C@@H]2N[C@H](C1)C2c1ccc(C=Cc2ccccc2)cc1. The van der Waals surface area contributed by atoms with E-state index in [1.807, 2.05) is 6.07 Å². The molecule has 0 aliphatic carbocycles. The molecule has 2 aromatic rings. The highest BCUT2D eigenvalue weighted by molar-refractivity contribution is 5.79. The lowest BCUT2D eigenvalue weighted by Crippen LogP contribution is -2.72. The third-order valence-corrected chi connectivity index (χ3v) is 6.60. The largest absolute Gasteiger partial charge is 0.381 e. The lowest BCUT2D eigenvalue weighted by molar-refractivity contribution is -0.143. The van der Waals surface area contributed by atoms with Crippen LogP contribution in [0.3, 0.4) is 0 Å². The normalized spacial score (nSPS) is 27.0. The van der Waals surface area contributed by atoms with E-state index in [4.69, 9.17) is 4.74 Å². The van der Waals surface area contributed by atoms with E-state index in [0.29, 0.717) is 23.9 Å². The lowest BCUT2D eigenvalue weighted by Gasteiger charge is -2.55. The average Bonchev–Trinajstić information content (AvgIpc) is 2.79. The highest BCUT2D eigenvalue weighted by Gasteiger charge is 2.48. The molecule has 1 N–H and O–H groups in total. The van der Waals surface area contributed by atoms with Gasteiger partial charge in [-0.3, -0.25) is 4.79 Å². The van der Waals surface area contributed by atoms with Gasteiger partial charge in [-0.1, -0.05) is 66.7 Å². The van der Waals surface area contributed by atoms with Crippen LogP contribution in [0, 0.1) is 5.92 Å². The number of piperidine rings is 1. The van der Waals surface area contributed by atoms with E-state index < -0.39 is 0 Å².